The first-order valence-corrected chi connectivity index (χ1v) is 14.8. The smallest absolute Gasteiger partial charge is 0.311 e. The van der Waals surface area contributed by atoms with Gasteiger partial charge in [-0.15, -0.1) is 12.3 Å². The Balaban J connectivity index is 1.91. The molecule has 0 aliphatic carbocycles. The zero-order chi connectivity index (χ0) is 35.5. The molecule has 0 saturated carbocycles. The van der Waals surface area contributed by atoms with Crippen molar-refractivity contribution < 1.29 is 62.7 Å². The lowest BCUT2D eigenvalue weighted by Gasteiger charge is -2.43. The third kappa shape index (κ3) is 9.98. The average Bonchev–Trinajstić information content (AvgIpc) is 3.03. The van der Waals surface area contributed by atoms with Crippen molar-refractivity contribution >= 4 is 29.6 Å². The maximum Gasteiger partial charge on any atom is 0.311 e. The van der Waals surface area contributed by atoms with Gasteiger partial charge in [0, 0.05) is 38.3 Å². The van der Waals surface area contributed by atoms with Gasteiger partial charge in [-0.2, -0.15) is 0 Å². The number of aliphatic hydroxyl groups is 2. The summed E-state index contributed by atoms with van der Waals surface area (Å²) < 4.78 is 33.3. The monoisotopic (exact) mass is 671 g/mol. The van der Waals surface area contributed by atoms with Crippen LogP contribution in [-0.4, -0.2) is 70.2 Å². The van der Waals surface area contributed by atoms with E-state index in [4.69, 9.17) is 34.8 Å². The Bertz CT molecular complexity index is 1550. The summed E-state index contributed by atoms with van der Waals surface area (Å²) in [5.41, 5.74) is 1.04. The number of carbonyl (C=O) groups excluding carboxylic acids is 4. The number of hydrogen-bond donors (Lipinski definition) is 2. The van der Waals surface area contributed by atoms with E-state index in [-0.39, 0.29) is 44.0 Å². The van der Waals surface area contributed by atoms with E-state index in [1.807, 2.05) is 0 Å². The van der Waals surface area contributed by atoms with Gasteiger partial charge in [-0.25, -0.2) is 0 Å². The van der Waals surface area contributed by atoms with Gasteiger partial charge in [-0.3, -0.25) is 29.3 Å². The molecule has 0 radical (unpaired) electrons. The van der Waals surface area contributed by atoms with Gasteiger partial charge in [0.2, 0.25) is 6.29 Å². The Morgan fingerprint density at radius 2 is 1.67 bits per heavy atom. The van der Waals surface area contributed by atoms with Crippen LogP contribution in [0.5, 0.6) is 5.75 Å². The van der Waals surface area contributed by atoms with Crippen LogP contribution >= 0.6 is 0 Å². The number of aliphatic hydroxyl groups excluding tert-OH is 2. The largest absolute Gasteiger partial charge is 0.463 e. The first-order chi connectivity index (χ1) is 22.8. The lowest BCUT2D eigenvalue weighted by molar-refractivity contribution is -0.387. The van der Waals surface area contributed by atoms with Crippen LogP contribution < -0.4 is 4.74 Å². The van der Waals surface area contributed by atoms with E-state index in [9.17, 15) is 39.5 Å². The molecule has 48 heavy (non-hydrogen) atoms. The topological polar surface area (TPSA) is 207 Å². The van der Waals surface area contributed by atoms with E-state index in [0.29, 0.717) is 16.7 Å². The van der Waals surface area contributed by atoms with Crippen molar-refractivity contribution in [2.45, 2.75) is 84.5 Å². The number of carbonyl (C=O) groups is 4. The molecule has 15 heteroatoms. The number of terminal acetylenes is 1. The highest BCUT2D eigenvalue weighted by atomic mass is 16.7. The molecule has 2 N–H and O–H groups in total. The molecular formula is C33H37NO14. The number of benzene rings is 2. The summed E-state index contributed by atoms with van der Waals surface area (Å²) in [5.74, 6) is -1.47. The molecule has 1 aliphatic rings. The standard InChI is InChI=1S/C33H37NO14/c1-6-7-27(46-30(40)14-23-9-8-22(15-35)12-25(23)16-36)24-10-11-28(26(13-24)34(41)42)47-33-32(45-21(5)39)18(2)31(44-20(4)38)29(48-33)17-43-19(3)37/h1,8-13,18,27,29,31-33,35-36H,7,14-17H2,2-5H3. The summed E-state index contributed by atoms with van der Waals surface area (Å²) in [6.07, 6.45) is -0.781. The normalized spacial score (nSPS) is 20.8. The molecule has 2 aromatic carbocycles. The molecule has 0 amide bonds. The van der Waals surface area contributed by atoms with Crippen molar-refractivity contribution in [2.75, 3.05) is 6.61 Å². The average molecular weight is 672 g/mol. The van der Waals surface area contributed by atoms with Crippen molar-refractivity contribution in [1.82, 2.24) is 0 Å². The number of hydrogen-bond acceptors (Lipinski definition) is 14. The number of nitro groups is 1. The van der Waals surface area contributed by atoms with Gasteiger partial charge in [0.05, 0.1) is 31.0 Å². The Hall–Kier alpha value is -5.04. The molecule has 6 atom stereocenters. The number of esters is 4. The Labute approximate surface area is 276 Å². The predicted octanol–water partition coefficient (Wildman–Crippen LogP) is 2.60. The lowest BCUT2D eigenvalue weighted by atomic mass is 9.90. The van der Waals surface area contributed by atoms with Crippen LogP contribution in [0.2, 0.25) is 0 Å². The van der Waals surface area contributed by atoms with E-state index in [2.05, 4.69) is 5.92 Å². The van der Waals surface area contributed by atoms with Gasteiger partial charge in [-0.05, 0) is 22.8 Å². The van der Waals surface area contributed by atoms with Crippen LogP contribution in [0.15, 0.2) is 36.4 Å². The maximum atomic E-state index is 12.9. The van der Waals surface area contributed by atoms with Crippen molar-refractivity contribution in [3.63, 3.8) is 0 Å². The molecule has 1 saturated heterocycles. The van der Waals surface area contributed by atoms with Gasteiger partial charge >= 0.3 is 29.6 Å². The molecule has 6 unspecified atom stereocenters. The van der Waals surface area contributed by atoms with Crippen LogP contribution in [0.1, 0.15) is 62.5 Å². The number of nitro benzene ring substituents is 1. The van der Waals surface area contributed by atoms with E-state index in [1.165, 1.54) is 19.1 Å². The van der Waals surface area contributed by atoms with Gasteiger partial charge in [-0.1, -0.05) is 31.2 Å². The molecule has 3 rings (SSSR count). The quantitative estimate of drug-likeness (QED) is 0.0973. The summed E-state index contributed by atoms with van der Waals surface area (Å²) in [6.45, 7) is 4.05. The van der Waals surface area contributed by atoms with Crippen molar-refractivity contribution in [2.24, 2.45) is 5.92 Å². The summed E-state index contributed by atoms with van der Waals surface area (Å²) in [5, 5.41) is 31.3. The summed E-state index contributed by atoms with van der Waals surface area (Å²) in [7, 11) is 0. The highest BCUT2D eigenvalue weighted by Crippen LogP contribution is 2.37. The van der Waals surface area contributed by atoms with Crippen LogP contribution in [0.4, 0.5) is 5.69 Å². The highest BCUT2D eigenvalue weighted by Gasteiger charge is 2.49. The van der Waals surface area contributed by atoms with Crippen LogP contribution in [-0.2, 0) is 62.5 Å². The molecule has 15 nitrogen and oxygen atoms in total. The molecule has 0 aromatic heterocycles. The molecule has 2 aromatic rings. The van der Waals surface area contributed by atoms with E-state index < -0.39 is 71.1 Å². The first-order valence-electron chi connectivity index (χ1n) is 14.8. The van der Waals surface area contributed by atoms with E-state index in [1.54, 1.807) is 25.1 Å². The summed E-state index contributed by atoms with van der Waals surface area (Å²) in [4.78, 5) is 59.8. The second-order valence-electron chi connectivity index (χ2n) is 10.9. The Kier molecular flexibility index (Phi) is 13.4. The molecule has 1 aliphatic heterocycles. The van der Waals surface area contributed by atoms with Crippen LogP contribution in [0.3, 0.4) is 0 Å². The van der Waals surface area contributed by atoms with E-state index in [0.717, 1.165) is 19.9 Å². The molecule has 0 bridgehead atoms. The zero-order valence-electron chi connectivity index (χ0n) is 26.8. The van der Waals surface area contributed by atoms with Crippen molar-refractivity contribution in [3.8, 4) is 18.1 Å². The minimum atomic E-state index is -1.47. The number of ether oxygens (including phenoxy) is 6. The van der Waals surface area contributed by atoms with Crippen molar-refractivity contribution in [1.29, 1.82) is 0 Å². The highest BCUT2D eigenvalue weighted by molar-refractivity contribution is 5.73. The van der Waals surface area contributed by atoms with Gasteiger partial charge < -0.3 is 38.6 Å². The summed E-state index contributed by atoms with van der Waals surface area (Å²) in [6, 6.07) is 8.49. The second-order valence-corrected chi connectivity index (χ2v) is 10.9. The maximum absolute atomic E-state index is 12.9. The SMILES string of the molecule is C#CCC(OC(=O)Cc1ccc(CO)cc1CO)c1ccc(OC2OC(COC(C)=O)C(OC(C)=O)C(C)C2OC(C)=O)c([N+](=O)[O-])c1. The minimum absolute atomic E-state index is 0.132. The Morgan fingerprint density at radius 1 is 0.979 bits per heavy atom. The fraction of sp³-hybridized carbons (Fsp3) is 0.455. The third-order valence-electron chi connectivity index (χ3n) is 7.36. The third-order valence-corrected chi connectivity index (χ3v) is 7.36. The van der Waals surface area contributed by atoms with Gasteiger partial charge in [0.25, 0.3) is 0 Å². The van der Waals surface area contributed by atoms with Gasteiger partial charge in [0.1, 0.15) is 24.9 Å². The molecule has 0 spiro atoms. The molecule has 1 fully saturated rings. The summed E-state index contributed by atoms with van der Waals surface area (Å²) >= 11 is 0. The van der Waals surface area contributed by atoms with Gasteiger partial charge in [0.15, 0.2) is 11.9 Å². The fourth-order valence-electron chi connectivity index (χ4n) is 5.15. The number of nitrogens with zero attached hydrogens (tertiary/aromatic N) is 1. The minimum Gasteiger partial charge on any atom is -0.463 e. The lowest BCUT2D eigenvalue weighted by Crippen LogP contribution is -2.58. The van der Waals surface area contributed by atoms with Crippen LogP contribution in [0, 0.1) is 28.4 Å². The first kappa shape index (κ1) is 37.4. The zero-order valence-corrected chi connectivity index (χ0v) is 26.8. The second kappa shape index (κ2) is 17.2. The number of rotatable bonds is 14. The van der Waals surface area contributed by atoms with Crippen LogP contribution in [0.25, 0.3) is 0 Å². The van der Waals surface area contributed by atoms with Crippen molar-refractivity contribution in [3.05, 3.63) is 68.8 Å². The Morgan fingerprint density at radius 3 is 2.25 bits per heavy atom. The van der Waals surface area contributed by atoms with E-state index >= 15 is 0 Å². The predicted molar refractivity (Wildman–Crippen MR) is 164 cm³/mol. The fourth-order valence-corrected chi connectivity index (χ4v) is 5.15. The molecular weight excluding hydrogens is 634 g/mol. The molecule has 1 heterocycles. The molecule has 258 valence electrons.